The first-order valence-corrected chi connectivity index (χ1v) is 5.31. The molecule has 4 heteroatoms. The van der Waals surface area contributed by atoms with Gasteiger partial charge in [-0.15, -0.1) is 12.6 Å². The molecule has 1 rings (SSSR count). The summed E-state index contributed by atoms with van der Waals surface area (Å²) in [5.41, 5.74) is 0.905. The van der Waals surface area contributed by atoms with Crippen molar-refractivity contribution < 1.29 is 9.59 Å². The second-order valence-corrected chi connectivity index (χ2v) is 4.21. The van der Waals surface area contributed by atoms with Crippen LogP contribution < -0.4 is 0 Å². The molecule has 15 heavy (non-hydrogen) atoms. The fourth-order valence-electron chi connectivity index (χ4n) is 1.26. The molecule has 0 spiro atoms. The van der Waals surface area contributed by atoms with Crippen LogP contribution in [0.25, 0.3) is 0 Å². The molecule has 0 fully saturated rings. The molecule has 1 atom stereocenters. The van der Waals surface area contributed by atoms with Crippen LogP contribution in [0.2, 0.25) is 5.02 Å². The second kappa shape index (κ2) is 5.33. The van der Waals surface area contributed by atoms with Crippen LogP contribution in [-0.2, 0) is 16.0 Å². The van der Waals surface area contributed by atoms with Crippen molar-refractivity contribution in [1.82, 2.24) is 0 Å². The van der Waals surface area contributed by atoms with Gasteiger partial charge in [-0.05, 0) is 31.0 Å². The predicted molar refractivity (Wildman–Crippen MR) is 63.3 cm³/mol. The van der Waals surface area contributed by atoms with E-state index in [1.807, 2.05) is 0 Å². The van der Waals surface area contributed by atoms with Crippen molar-refractivity contribution >= 4 is 35.1 Å². The van der Waals surface area contributed by atoms with Crippen LogP contribution in [0.5, 0.6) is 0 Å². The van der Waals surface area contributed by atoms with E-state index in [0.29, 0.717) is 11.4 Å². The number of benzene rings is 1. The molecule has 80 valence electrons. The topological polar surface area (TPSA) is 34.1 Å². The molecular weight excluding hydrogens is 232 g/mol. The van der Waals surface area contributed by atoms with Crippen LogP contribution in [0.15, 0.2) is 24.3 Å². The zero-order valence-electron chi connectivity index (χ0n) is 8.24. The highest BCUT2D eigenvalue weighted by Gasteiger charge is 2.20. The fourth-order valence-corrected chi connectivity index (χ4v) is 1.66. The first-order valence-electron chi connectivity index (χ1n) is 4.48. The summed E-state index contributed by atoms with van der Waals surface area (Å²) in [6.45, 7) is 1.40. The van der Waals surface area contributed by atoms with Gasteiger partial charge >= 0.3 is 0 Å². The normalized spacial score (nSPS) is 12.2. The summed E-state index contributed by atoms with van der Waals surface area (Å²) < 4.78 is 0. The molecule has 0 amide bonds. The van der Waals surface area contributed by atoms with Crippen molar-refractivity contribution in [3.63, 3.8) is 0 Å². The molecule has 0 aliphatic heterocycles. The van der Waals surface area contributed by atoms with Crippen LogP contribution in [-0.4, -0.2) is 10.9 Å². The number of ketones is 1. The van der Waals surface area contributed by atoms with Crippen molar-refractivity contribution in [1.29, 1.82) is 0 Å². The van der Waals surface area contributed by atoms with Crippen LogP contribution in [0.3, 0.4) is 0 Å². The minimum Gasteiger partial charge on any atom is -0.299 e. The zero-order valence-corrected chi connectivity index (χ0v) is 9.89. The lowest BCUT2D eigenvalue weighted by Crippen LogP contribution is -2.20. The van der Waals surface area contributed by atoms with Gasteiger partial charge in [0.2, 0.25) is 0 Å². The highest BCUT2D eigenvalue weighted by atomic mass is 35.5. The van der Waals surface area contributed by atoms with E-state index in [1.165, 1.54) is 6.92 Å². The molecule has 0 aromatic heterocycles. The average molecular weight is 243 g/mol. The Labute approximate surface area is 99.0 Å². The minimum atomic E-state index is -0.658. The van der Waals surface area contributed by atoms with Crippen LogP contribution in [0.1, 0.15) is 12.5 Å². The first kappa shape index (κ1) is 12.3. The Morgan fingerprint density at radius 1 is 1.33 bits per heavy atom. The third-order valence-corrected chi connectivity index (χ3v) is 2.71. The summed E-state index contributed by atoms with van der Waals surface area (Å²) in [6, 6.07) is 7.07. The molecule has 1 aromatic rings. The first-order chi connectivity index (χ1) is 7.00. The maximum atomic E-state index is 11.2. The van der Waals surface area contributed by atoms with E-state index in [2.05, 4.69) is 12.6 Å². The monoisotopic (exact) mass is 242 g/mol. The Bertz CT molecular complexity index is 359. The van der Waals surface area contributed by atoms with Gasteiger partial charge in [-0.3, -0.25) is 9.59 Å². The van der Waals surface area contributed by atoms with Gasteiger partial charge in [0.05, 0.1) is 5.92 Å². The number of rotatable bonds is 4. The van der Waals surface area contributed by atoms with E-state index in [4.69, 9.17) is 11.6 Å². The van der Waals surface area contributed by atoms with Crippen molar-refractivity contribution in [2.24, 2.45) is 5.92 Å². The summed E-state index contributed by atoms with van der Waals surface area (Å²) in [4.78, 5) is 22.2. The Balaban J connectivity index is 2.79. The van der Waals surface area contributed by atoms with Gasteiger partial charge in [-0.2, -0.15) is 0 Å². The van der Waals surface area contributed by atoms with Crippen LogP contribution in [0.4, 0.5) is 0 Å². The third-order valence-electron chi connectivity index (χ3n) is 2.14. The number of hydrogen-bond donors (Lipinski definition) is 1. The van der Waals surface area contributed by atoms with E-state index >= 15 is 0 Å². The molecular formula is C11H11ClO2S. The molecule has 1 unspecified atom stereocenters. The third kappa shape index (κ3) is 3.68. The standard InChI is InChI=1S/C11H11ClO2S/c1-7(13)10(11(14)15)6-8-2-4-9(12)5-3-8/h2-5,10H,6H2,1H3,(H,14,15). The Hall–Kier alpha value is -0.800. The molecule has 0 heterocycles. The zero-order chi connectivity index (χ0) is 11.4. The number of thiol groups is 1. The van der Waals surface area contributed by atoms with E-state index < -0.39 is 11.0 Å². The van der Waals surface area contributed by atoms with Gasteiger partial charge in [-0.25, -0.2) is 0 Å². The van der Waals surface area contributed by atoms with Crippen molar-refractivity contribution in [2.45, 2.75) is 13.3 Å². The molecule has 0 radical (unpaired) electrons. The van der Waals surface area contributed by atoms with E-state index in [9.17, 15) is 9.59 Å². The average Bonchev–Trinajstić information content (AvgIpc) is 2.15. The SMILES string of the molecule is CC(=O)C(Cc1ccc(Cl)cc1)C(=O)S. The smallest absolute Gasteiger partial charge is 0.196 e. The van der Waals surface area contributed by atoms with Crippen LogP contribution >= 0.6 is 24.2 Å². The fraction of sp³-hybridized carbons (Fsp3) is 0.273. The highest BCUT2D eigenvalue weighted by molar-refractivity contribution is 7.96. The molecule has 0 saturated heterocycles. The Morgan fingerprint density at radius 3 is 2.27 bits per heavy atom. The molecule has 0 aliphatic rings. The highest BCUT2D eigenvalue weighted by Crippen LogP contribution is 2.15. The molecule has 1 aromatic carbocycles. The molecule has 0 bridgehead atoms. The quantitative estimate of drug-likeness (QED) is 0.650. The van der Waals surface area contributed by atoms with E-state index in [0.717, 1.165) is 5.56 Å². The number of hydrogen-bond acceptors (Lipinski definition) is 2. The van der Waals surface area contributed by atoms with E-state index in [-0.39, 0.29) is 5.78 Å². The lowest BCUT2D eigenvalue weighted by atomic mass is 9.97. The van der Waals surface area contributed by atoms with Crippen molar-refractivity contribution in [3.8, 4) is 0 Å². The van der Waals surface area contributed by atoms with Gasteiger partial charge in [0, 0.05) is 5.02 Å². The van der Waals surface area contributed by atoms with Gasteiger partial charge in [0.1, 0.15) is 5.78 Å². The van der Waals surface area contributed by atoms with Crippen molar-refractivity contribution in [2.75, 3.05) is 0 Å². The Kier molecular flexibility index (Phi) is 4.36. The lowest BCUT2D eigenvalue weighted by Gasteiger charge is -2.09. The number of halogens is 1. The number of carbonyl (C=O) groups is 2. The largest absolute Gasteiger partial charge is 0.299 e. The summed E-state index contributed by atoms with van der Waals surface area (Å²) in [5, 5.41) is 0.243. The van der Waals surface area contributed by atoms with Crippen LogP contribution in [0, 0.1) is 5.92 Å². The number of carbonyl (C=O) groups excluding carboxylic acids is 2. The van der Waals surface area contributed by atoms with Gasteiger partial charge < -0.3 is 0 Å². The number of Topliss-reactive ketones (excluding diaryl/α,β-unsaturated/α-hetero) is 1. The van der Waals surface area contributed by atoms with Gasteiger partial charge in [-0.1, -0.05) is 23.7 Å². The molecule has 0 N–H and O–H groups in total. The maximum absolute atomic E-state index is 11.2. The summed E-state index contributed by atoms with van der Waals surface area (Å²) in [5.74, 6) is -0.820. The maximum Gasteiger partial charge on any atom is 0.196 e. The minimum absolute atomic E-state index is 0.162. The molecule has 0 saturated carbocycles. The van der Waals surface area contributed by atoms with E-state index in [1.54, 1.807) is 24.3 Å². The second-order valence-electron chi connectivity index (χ2n) is 3.33. The Morgan fingerprint density at radius 2 is 1.87 bits per heavy atom. The lowest BCUT2D eigenvalue weighted by molar-refractivity contribution is -0.126. The summed E-state index contributed by atoms with van der Waals surface area (Å²) >= 11 is 9.42. The van der Waals surface area contributed by atoms with Gasteiger partial charge in [0.15, 0.2) is 5.12 Å². The summed E-state index contributed by atoms with van der Waals surface area (Å²) in [7, 11) is 0. The predicted octanol–water partition coefficient (Wildman–Crippen LogP) is 2.54. The van der Waals surface area contributed by atoms with Crippen molar-refractivity contribution in [3.05, 3.63) is 34.9 Å². The summed E-state index contributed by atoms with van der Waals surface area (Å²) in [6.07, 6.45) is 0.384. The molecule has 2 nitrogen and oxygen atoms in total. The van der Waals surface area contributed by atoms with Gasteiger partial charge in [0.25, 0.3) is 0 Å². The molecule has 0 aliphatic carbocycles.